The summed E-state index contributed by atoms with van der Waals surface area (Å²) in [6.07, 6.45) is 1.55. The molecule has 1 aliphatic heterocycles. The highest BCUT2D eigenvalue weighted by Gasteiger charge is 2.38. The number of fused-ring (bicyclic) bond motifs is 1. The van der Waals surface area contributed by atoms with Crippen LogP contribution in [0.1, 0.15) is 19.4 Å². The Labute approximate surface area is 170 Å². The van der Waals surface area contributed by atoms with Crippen molar-refractivity contribution in [2.75, 3.05) is 32.3 Å². The number of hydrogen-bond acceptors (Lipinski definition) is 6. The highest BCUT2D eigenvalue weighted by molar-refractivity contribution is 5.94. The number of hydrogen-bond donors (Lipinski definition) is 0. The number of anilines is 1. The lowest BCUT2D eigenvalue weighted by Crippen LogP contribution is -2.25. The first kappa shape index (κ1) is 20.5. The van der Waals surface area contributed by atoms with Crippen molar-refractivity contribution in [3.8, 4) is 11.5 Å². The first-order valence-corrected chi connectivity index (χ1v) is 9.34. The van der Waals surface area contributed by atoms with Crippen molar-refractivity contribution >= 4 is 17.4 Å². The monoisotopic (exact) mass is 395 g/mol. The number of carbonyl (C=O) groups excluding carboxylic acids is 2. The molecule has 0 aliphatic carbocycles. The molecule has 0 fully saturated rings. The number of ketones is 1. The van der Waals surface area contributed by atoms with Gasteiger partial charge in [-0.3, -0.25) is 4.79 Å². The zero-order chi connectivity index (χ0) is 21.0. The van der Waals surface area contributed by atoms with Crippen LogP contribution in [0.3, 0.4) is 0 Å². The molecule has 0 spiro atoms. The number of ether oxygens (including phenoxy) is 3. The topological polar surface area (TPSA) is 65.1 Å². The Morgan fingerprint density at radius 3 is 2.34 bits per heavy atom. The zero-order valence-corrected chi connectivity index (χ0v) is 17.1. The molecule has 0 amide bonds. The third-order valence-corrected chi connectivity index (χ3v) is 5.03. The second-order valence-corrected chi connectivity index (χ2v) is 7.30. The molecule has 6 nitrogen and oxygen atoms in total. The predicted molar refractivity (Wildman–Crippen MR) is 110 cm³/mol. The molecule has 0 atom stereocenters. The van der Waals surface area contributed by atoms with Crippen LogP contribution in [0, 0.1) is 0 Å². The van der Waals surface area contributed by atoms with Gasteiger partial charge < -0.3 is 19.1 Å². The van der Waals surface area contributed by atoms with Crippen LogP contribution in [-0.2, 0) is 19.7 Å². The Balaban J connectivity index is 1.58. The molecule has 6 heteroatoms. The Bertz CT molecular complexity index is 948. The third-order valence-electron chi connectivity index (χ3n) is 5.03. The zero-order valence-electron chi connectivity index (χ0n) is 17.1. The summed E-state index contributed by atoms with van der Waals surface area (Å²) >= 11 is 0. The van der Waals surface area contributed by atoms with E-state index in [1.807, 2.05) is 30.1 Å². The van der Waals surface area contributed by atoms with Crippen molar-refractivity contribution in [3.63, 3.8) is 0 Å². The smallest absolute Gasteiger partial charge is 0.344 e. The lowest BCUT2D eigenvalue weighted by Gasteiger charge is -2.23. The van der Waals surface area contributed by atoms with Crippen molar-refractivity contribution in [2.24, 2.45) is 0 Å². The summed E-state index contributed by atoms with van der Waals surface area (Å²) in [5, 5.41) is 0. The first-order valence-electron chi connectivity index (χ1n) is 9.34. The Hall–Kier alpha value is -3.28. The van der Waals surface area contributed by atoms with E-state index in [0.717, 1.165) is 16.9 Å². The molecule has 3 rings (SSSR count). The summed E-state index contributed by atoms with van der Waals surface area (Å²) in [5.74, 6) is 0.0584. The van der Waals surface area contributed by atoms with Crippen LogP contribution in [0.15, 0.2) is 60.3 Å². The molecule has 2 aromatic rings. The fourth-order valence-electron chi connectivity index (χ4n) is 3.52. The van der Waals surface area contributed by atoms with Gasteiger partial charge in [0, 0.05) is 29.9 Å². The maximum absolute atomic E-state index is 12.4. The Kier molecular flexibility index (Phi) is 5.92. The normalized spacial score (nSPS) is 15.7. The molecule has 29 heavy (non-hydrogen) atoms. The molecule has 0 aromatic heterocycles. The van der Waals surface area contributed by atoms with E-state index in [2.05, 4.69) is 19.9 Å². The summed E-state index contributed by atoms with van der Waals surface area (Å²) in [6, 6.07) is 15.0. The number of allylic oxidation sites excluding steroid dienone is 1. The third kappa shape index (κ3) is 4.26. The number of para-hydroxylation sites is 3. The fraction of sp³-hybridized carbons (Fsp3) is 0.304. The average molecular weight is 395 g/mol. The van der Waals surface area contributed by atoms with Crippen LogP contribution >= 0.6 is 0 Å². The number of carbonyl (C=O) groups is 2. The van der Waals surface area contributed by atoms with Gasteiger partial charge in [0.25, 0.3) is 0 Å². The number of likely N-dealkylation sites (N-methyl/N-ethyl adjacent to an activating group) is 1. The summed E-state index contributed by atoms with van der Waals surface area (Å²) in [5.41, 5.74) is 2.78. The molecule has 1 aliphatic rings. The van der Waals surface area contributed by atoms with Crippen molar-refractivity contribution in [1.82, 2.24) is 0 Å². The second kappa shape index (κ2) is 8.39. The number of methoxy groups -OCH3 is 1. The van der Waals surface area contributed by atoms with E-state index in [1.165, 1.54) is 7.11 Å². The summed E-state index contributed by atoms with van der Waals surface area (Å²) in [6.45, 7) is 3.50. The van der Waals surface area contributed by atoms with Crippen LogP contribution in [0.2, 0.25) is 0 Å². The molecule has 0 unspecified atom stereocenters. The molecule has 0 N–H and O–H groups in total. The average Bonchev–Trinajstić information content (AvgIpc) is 2.92. The van der Waals surface area contributed by atoms with E-state index >= 15 is 0 Å². The largest absolute Gasteiger partial charge is 0.493 e. The van der Waals surface area contributed by atoms with E-state index in [1.54, 1.807) is 30.3 Å². The quantitative estimate of drug-likeness (QED) is 0.528. The summed E-state index contributed by atoms with van der Waals surface area (Å²) in [4.78, 5) is 26.4. The van der Waals surface area contributed by atoms with Gasteiger partial charge in [-0.15, -0.1) is 0 Å². The van der Waals surface area contributed by atoms with Gasteiger partial charge in [-0.05, 0) is 23.8 Å². The molecule has 0 saturated heterocycles. The number of benzene rings is 2. The van der Waals surface area contributed by atoms with Gasteiger partial charge in [-0.2, -0.15) is 0 Å². The SMILES string of the molecule is COc1ccccc1OCC(=O)OCC(=O)/C=C1/N(C)c2ccccc2C1(C)C. The molecular weight excluding hydrogens is 370 g/mol. The maximum Gasteiger partial charge on any atom is 0.344 e. The van der Waals surface area contributed by atoms with Gasteiger partial charge >= 0.3 is 5.97 Å². The van der Waals surface area contributed by atoms with Crippen molar-refractivity contribution in [2.45, 2.75) is 19.3 Å². The van der Waals surface area contributed by atoms with Gasteiger partial charge in [0.1, 0.15) is 0 Å². The van der Waals surface area contributed by atoms with Crippen LogP contribution in [0.25, 0.3) is 0 Å². The minimum Gasteiger partial charge on any atom is -0.493 e. The van der Waals surface area contributed by atoms with Gasteiger partial charge in [-0.25, -0.2) is 4.79 Å². The lowest BCUT2D eigenvalue weighted by molar-refractivity contribution is -0.149. The van der Waals surface area contributed by atoms with Crippen molar-refractivity contribution in [3.05, 3.63) is 65.9 Å². The van der Waals surface area contributed by atoms with Crippen LogP contribution in [-0.4, -0.2) is 39.1 Å². The Morgan fingerprint density at radius 1 is 1.00 bits per heavy atom. The van der Waals surface area contributed by atoms with E-state index in [9.17, 15) is 9.59 Å². The second-order valence-electron chi connectivity index (χ2n) is 7.30. The fourth-order valence-corrected chi connectivity index (χ4v) is 3.52. The van der Waals surface area contributed by atoms with E-state index < -0.39 is 5.97 Å². The van der Waals surface area contributed by atoms with Crippen LogP contribution in [0.4, 0.5) is 5.69 Å². The summed E-state index contributed by atoms with van der Waals surface area (Å²) < 4.78 is 15.6. The lowest BCUT2D eigenvalue weighted by atomic mass is 9.83. The molecule has 2 aromatic carbocycles. The summed E-state index contributed by atoms with van der Waals surface area (Å²) in [7, 11) is 3.45. The molecule has 1 heterocycles. The Morgan fingerprint density at radius 2 is 1.66 bits per heavy atom. The van der Waals surface area contributed by atoms with Gasteiger partial charge in [0.2, 0.25) is 0 Å². The maximum atomic E-state index is 12.4. The standard InChI is InChI=1S/C23H25NO5/c1-23(2)17-9-5-6-10-18(17)24(3)21(23)13-16(25)14-29-22(26)15-28-20-12-8-7-11-19(20)27-4/h5-13H,14-15H2,1-4H3/b21-13+. The number of nitrogens with zero attached hydrogens (tertiary/aromatic N) is 1. The highest BCUT2D eigenvalue weighted by atomic mass is 16.6. The van der Waals surface area contributed by atoms with E-state index in [-0.39, 0.29) is 24.4 Å². The van der Waals surface area contributed by atoms with Crippen molar-refractivity contribution in [1.29, 1.82) is 0 Å². The van der Waals surface area contributed by atoms with Crippen molar-refractivity contribution < 1.29 is 23.8 Å². The van der Waals surface area contributed by atoms with E-state index in [4.69, 9.17) is 14.2 Å². The minimum absolute atomic E-state index is 0.279. The van der Waals surface area contributed by atoms with Gasteiger partial charge in [0.05, 0.1) is 7.11 Å². The molecule has 0 radical (unpaired) electrons. The number of rotatable bonds is 7. The number of esters is 1. The molecule has 152 valence electrons. The van der Waals surface area contributed by atoms with Gasteiger partial charge in [0.15, 0.2) is 30.5 Å². The predicted octanol–water partition coefficient (Wildman–Crippen LogP) is 3.50. The van der Waals surface area contributed by atoms with Gasteiger partial charge in [-0.1, -0.05) is 44.2 Å². The van der Waals surface area contributed by atoms with Crippen LogP contribution in [0.5, 0.6) is 11.5 Å². The first-order chi connectivity index (χ1) is 13.8. The van der Waals surface area contributed by atoms with E-state index in [0.29, 0.717) is 11.5 Å². The minimum atomic E-state index is -0.620. The molecule has 0 bridgehead atoms. The molecule has 0 saturated carbocycles. The highest BCUT2D eigenvalue weighted by Crippen LogP contribution is 2.46. The van der Waals surface area contributed by atoms with Crippen LogP contribution < -0.4 is 14.4 Å². The molecular formula is C23H25NO5.